The molecule has 0 aliphatic heterocycles. The standard InChI is InChI=1S/C13H21BrN2O/c1-4-10-12(14)11(16(3)15-10)8-13(17,5-2)9-6-7-9/h9,17H,4-8H2,1-3H3. The predicted octanol–water partition coefficient (Wildman–Crippen LogP) is 2.84. The highest BCUT2D eigenvalue weighted by Gasteiger charge is 2.43. The quantitative estimate of drug-likeness (QED) is 0.908. The average Bonchev–Trinajstić information content (AvgIpc) is 3.12. The molecule has 3 nitrogen and oxygen atoms in total. The smallest absolute Gasteiger partial charge is 0.0766 e. The van der Waals surface area contributed by atoms with Crippen LogP contribution in [-0.2, 0) is 19.9 Å². The van der Waals surface area contributed by atoms with Crippen molar-refractivity contribution in [3.63, 3.8) is 0 Å². The molecule has 17 heavy (non-hydrogen) atoms. The van der Waals surface area contributed by atoms with Crippen molar-refractivity contribution in [1.82, 2.24) is 9.78 Å². The van der Waals surface area contributed by atoms with Gasteiger partial charge in [-0.15, -0.1) is 0 Å². The lowest BCUT2D eigenvalue weighted by molar-refractivity contribution is 0.0121. The Bertz CT molecular complexity index is 412. The SMILES string of the molecule is CCc1nn(C)c(CC(O)(CC)C2CC2)c1Br. The first-order valence-electron chi connectivity index (χ1n) is 6.44. The predicted molar refractivity (Wildman–Crippen MR) is 72.0 cm³/mol. The van der Waals surface area contributed by atoms with Crippen LogP contribution in [0.15, 0.2) is 4.47 Å². The normalized spacial score (nSPS) is 19.4. The van der Waals surface area contributed by atoms with Crippen molar-refractivity contribution in [1.29, 1.82) is 0 Å². The van der Waals surface area contributed by atoms with Crippen LogP contribution < -0.4 is 0 Å². The summed E-state index contributed by atoms with van der Waals surface area (Å²) in [5.41, 5.74) is 1.66. The number of nitrogens with zero attached hydrogens (tertiary/aromatic N) is 2. The minimum absolute atomic E-state index is 0.486. The van der Waals surface area contributed by atoms with Crippen LogP contribution in [-0.4, -0.2) is 20.5 Å². The van der Waals surface area contributed by atoms with Gasteiger partial charge in [0.1, 0.15) is 0 Å². The molecule has 1 aromatic heterocycles. The monoisotopic (exact) mass is 300 g/mol. The van der Waals surface area contributed by atoms with E-state index in [1.807, 2.05) is 11.7 Å². The highest BCUT2D eigenvalue weighted by atomic mass is 79.9. The Balaban J connectivity index is 2.25. The first-order chi connectivity index (χ1) is 8.01. The topological polar surface area (TPSA) is 38.0 Å². The summed E-state index contributed by atoms with van der Waals surface area (Å²) in [5, 5.41) is 15.2. The van der Waals surface area contributed by atoms with Crippen LogP contribution in [0.5, 0.6) is 0 Å². The van der Waals surface area contributed by atoms with Gasteiger partial charge in [0.2, 0.25) is 0 Å². The van der Waals surface area contributed by atoms with Gasteiger partial charge in [0, 0.05) is 13.5 Å². The minimum Gasteiger partial charge on any atom is -0.389 e. The van der Waals surface area contributed by atoms with Crippen LogP contribution in [0, 0.1) is 5.92 Å². The average molecular weight is 301 g/mol. The third-order valence-corrected chi connectivity index (χ3v) is 4.84. The van der Waals surface area contributed by atoms with Crippen LogP contribution in [0.25, 0.3) is 0 Å². The third kappa shape index (κ3) is 2.43. The molecule has 1 atom stereocenters. The van der Waals surface area contributed by atoms with Crippen LogP contribution in [0.4, 0.5) is 0 Å². The first kappa shape index (κ1) is 13.1. The maximum Gasteiger partial charge on any atom is 0.0766 e. The molecule has 1 heterocycles. The fourth-order valence-corrected chi connectivity index (χ4v) is 3.24. The molecule has 96 valence electrons. The molecule has 0 amide bonds. The fraction of sp³-hybridized carbons (Fsp3) is 0.769. The lowest BCUT2D eigenvalue weighted by Gasteiger charge is -2.27. The molecule has 0 radical (unpaired) electrons. The maximum absolute atomic E-state index is 10.7. The van der Waals surface area contributed by atoms with Gasteiger partial charge >= 0.3 is 0 Å². The van der Waals surface area contributed by atoms with Gasteiger partial charge in [0.25, 0.3) is 0 Å². The minimum atomic E-state index is -0.540. The van der Waals surface area contributed by atoms with Crippen molar-refractivity contribution in [2.75, 3.05) is 0 Å². The van der Waals surface area contributed by atoms with Crippen molar-refractivity contribution in [2.45, 2.75) is 51.6 Å². The van der Waals surface area contributed by atoms with E-state index >= 15 is 0 Å². The molecule has 2 rings (SSSR count). The molecule has 0 spiro atoms. The summed E-state index contributed by atoms with van der Waals surface area (Å²) in [6, 6.07) is 0. The number of aryl methyl sites for hydroxylation is 2. The van der Waals surface area contributed by atoms with E-state index in [1.54, 1.807) is 0 Å². The van der Waals surface area contributed by atoms with Gasteiger partial charge in [-0.2, -0.15) is 5.10 Å². The molecule has 1 aromatic rings. The second-order valence-corrected chi connectivity index (χ2v) is 5.89. The zero-order valence-corrected chi connectivity index (χ0v) is 12.4. The number of aliphatic hydroxyl groups is 1. The Hall–Kier alpha value is -0.350. The molecule has 1 saturated carbocycles. The number of hydrogen-bond donors (Lipinski definition) is 1. The highest BCUT2D eigenvalue weighted by Crippen LogP contribution is 2.44. The Morgan fingerprint density at radius 2 is 2.12 bits per heavy atom. The van der Waals surface area contributed by atoms with Gasteiger partial charge in [0.05, 0.1) is 21.5 Å². The Kier molecular flexibility index (Phi) is 3.64. The first-order valence-corrected chi connectivity index (χ1v) is 7.23. The molecule has 1 aliphatic carbocycles. The summed E-state index contributed by atoms with van der Waals surface area (Å²) >= 11 is 3.62. The summed E-state index contributed by atoms with van der Waals surface area (Å²) in [6.07, 6.45) is 4.78. The molecule has 1 unspecified atom stereocenters. The van der Waals surface area contributed by atoms with Crippen LogP contribution >= 0.6 is 15.9 Å². The zero-order chi connectivity index (χ0) is 12.6. The summed E-state index contributed by atoms with van der Waals surface area (Å²) in [4.78, 5) is 0. The Morgan fingerprint density at radius 3 is 2.53 bits per heavy atom. The van der Waals surface area contributed by atoms with Crippen molar-refractivity contribution in [3.05, 3.63) is 15.9 Å². The lowest BCUT2D eigenvalue weighted by Crippen LogP contribution is -2.34. The van der Waals surface area contributed by atoms with Crippen LogP contribution in [0.3, 0.4) is 0 Å². The highest BCUT2D eigenvalue weighted by molar-refractivity contribution is 9.10. The van der Waals surface area contributed by atoms with E-state index in [9.17, 15) is 5.11 Å². The summed E-state index contributed by atoms with van der Waals surface area (Å²) in [6.45, 7) is 4.17. The second-order valence-electron chi connectivity index (χ2n) is 5.09. The van der Waals surface area contributed by atoms with Crippen LogP contribution in [0.2, 0.25) is 0 Å². The molecule has 1 N–H and O–H groups in total. The molecular weight excluding hydrogens is 280 g/mol. The van der Waals surface area contributed by atoms with E-state index in [0.717, 1.165) is 28.7 Å². The molecule has 0 aromatic carbocycles. The van der Waals surface area contributed by atoms with Gasteiger partial charge in [-0.05, 0) is 47.5 Å². The van der Waals surface area contributed by atoms with Crippen molar-refractivity contribution in [3.8, 4) is 0 Å². The van der Waals surface area contributed by atoms with E-state index in [1.165, 1.54) is 12.8 Å². The molecule has 1 fully saturated rings. The van der Waals surface area contributed by atoms with Crippen LogP contribution in [0.1, 0.15) is 44.5 Å². The third-order valence-electron chi connectivity index (χ3n) is 3.93. The Morgan fingerprint density at radius 1 is 1.47 bits per heavy atom. The molecular formula is C13H21BrN2O. The van der Waals surface area contributed by atoms with E-state index in [4.69, 9.17) is 0 Å². The van der Waals surface area contributed by atoms with Gasteiger partial charge < -0.3 is 5.11 Å². The number of rotatable bonds is 5. The number of hydrogen-bond acceptors (Lipinski definition) is 2. The summed E-state index contributed by atoms with van der Waals surface area (Å²) < 4.78 is 2.99. The number of halogens is 1. The van der Waals surface area contributed by atoms with E-state index in [-0.39, 0.29) is 0 Å². The molecule has 1 aliphatic rings. The largest absolute Gasteiger partial charge is 0.389 e. The lowest BCUT2D eigenvalue weighted by atomic mass is 9.89. The van der Waals surface area contributed by atoms with Gasteiger partial charge in [0.15, 0.2) is 0 Å². The van der Waals surface area contributed by atoms with Gasteiger partial charge in [-0.1, -0.05) is 13.8 Å². The number of aromatic nitrogens is 2. The van der Waals surface area contributed by atoms with Crippen molar-refractivity contribution >= 4 is 15.9 Å². The molecule has 0 bridgehead atoms. The van der Waals surface area contributed by atoms with E-state index in [2.05, 4.69) is 34.9 Å². The van der Waals surface area contributed by atoms with Crippen molar-refractivity contribution < 1.29 is 5.11 Å². The fourth-order valence-electron chi connectivity index (χ4n) is 2.48. The zero-order valence-electron chi connectivity index (χ0n) is 10.8. The van der Waals surface area contributed by atoms with Gasteiger partial charge in [-0.25, -0.2) is 0 Å². The van der Waals surface area contributed by atoms with E-state index < -0.39 is 5.60 Å². The maximum atomic E-state index is 10.7. The molecule has 0 saturated heterocycles. The van der Waals surface area contributed by atoms with Crippen molar-refractivity contribution in [2.24, 2.45) is 13.0 Å². The summed E-state index contributed by atoms with van der Waals surface area (Å²) in [5.74, 6) is 0.486. The molecule has 4 heteroatoms. The van der Waals surface area contributed by atoms with Gasteiger partial charge in [-0.3, -0.25) is 4.68 Å². The Labute approximate surface area is 111 Å². The summed E-state index contributed by atoms with van der Waals surface area (Å²) in [7, 11) is 1.96. The second kappa shape index (κ2) is 4.73. The van der Waals surface area contributed by atoms with E-state index in [0.29, 0.717) is 12.3 Å².